The van der Waals surface area contributed by atoms with Crippen molar-refractivity contribution in [3.63, 3.8) is 0 Å². The molecule has 0 aliphatic rings. The Balaban J connectivity index is 1.53. The number of amides is 1. The highest BCUT2D eigenvalue weighted by Crippen LogP contribution is 2.15. The Morgan fingerprint density at radius 2 is 1.96 bits per heavy atom. The second kappa shape index (κ2) is 7.61. The lowest BCUT2D eigenvalue weighted by atomic mass is 10.3. The SMILES string of the molecule is Cc1cccc(CNC(=O)c2ccc(COc3ccc(F)cc3)o2)n1. The number of halogens is 1. The quantitative estimate of drug-likeness (QED) is 0.744. The summed E-state index contributed by atoms with van der Waals surface area (Å²) in [5.74, 6) is 0.576. The predicted octanol–water partition coefficient (Wildman–Crippen LogP) is 3.63. The van der Waals surface area contributed by atoms with Crippen molar-refractivity contribution in [2.24, 2.45) is 0 Å². The van der Waals surface area contributed by atoms with Crippen LogP contribution in [0.25, 0.3) is 0 Å². The number of benzene rings is 1. The van der Waals surface area contributed by atoms with Gasteiger partial charge in [0.25, 0.3) is 5.91 Å². The maximum absolute atomic E-state index is 12.8. The average molecular weight is 340 g/mol. The van der Waals surface area contributed by atoms with Crippen LogP contribution in [0.4, 0.5) is 4.39 Å². The standard InChI is InChI=1S/C19H17FN2O3/c1-13-3-2-4-15(22-13)11-21-19(23)18-10-9-17(25-18)12-24-16-7-5-14(20)6-8-16/h2-10H,11-12H2,1H3,(H,21,23). The number of aromatic nitrogens is 1. The molecule has 0 spiro atoms. The van der Waals surface area contributed by atoms with Crippen LogP contribution >= 0.6 is 0 Å². The third-order valence-electron chi connectivity index (χ3n) is 3.46. The molecule has 128 valence electrons. The van der Waals surface area contributed by atoms with Crippen LogP contribution in [0.1, 0.15) is 27.7 Å². The minimum Gasteiger partial charge on any atom is -0.486 e. The predicted molar refractivity (Wildman–Crippen MR) is 89.6 cm³/mol. The van der Waals surface area contributed by atoms with Gasteiger partial charge in [-0.15, -0.1) is 0 Å². The number of hydrogen-bond donors (Lipinski definition) is 1. The van der Waals surface area contributed by atoms with Crippen molar-refractivity contribution in [3.8, 4) is 5.75 Å². The Kier molecular flexibility index (Phi) is 5.09. The Morgan fingerprint density at radius 1 is 1.16 bits per heavy atom. The van der Waals surface area contributed by atoms with Crippen LogP contribution in [0.2, 0.25) is 0 Å². The minimum atomic E-state index is -0.326. The zero-order chi connectivity index (χ0) is 17.6. The highest BCUT2D eigenvalue weighted by Gasteiger charge is 2.11. The molecule has 1 N–H and O–H groups in total. The van der Waals surface area contributed by atoms with E-state index in [2.05, 4.69) is 10.3 Å². The van der Waals surface area contributed by atoms with Crippen LogP contribution in [0.3, 0.4) is 0 Å². The van der Waals surface area contributed by atoms with Gasteiger partial charge in [-0.05, 0) is 55.5 Å². The van der Waals surface area contributed by atoms with Gasteiger partial charge in [0.1, 0.15) is 23.9 Å². The van der Waals surface area contributed by atoms with Crippen molar-refractivity contribution < 1.29 is 18.3 Å². The molecule has 6 heteroatoms. The van der Waals surface area contributed by atoms with Gasteiger partial charge >= 0.3 is 0 Å². The summed E-state index contributed by atoms with van der Waals surface area (Å²) in [5, 5.41) is 2.76. The molecule has 0 aliphatic heterocycles. The number of aryl methyl sites for hydroxylation is 1. The summed E-state index contributed by atoms with van der Waals surface area (Å²) in [6.07, 6.45) is 0. The molecule has 1 aromatic carbocycles. The van der Waals surface area contributed by atoms with Gasteiger partial charge in [-0.3, -0.25) is 9.78 Å². The highest BCUT2D eigenvalue weighted by atomic mass is 19.1. The molecule has 1 amide bonds. The number of furan rings is 1. The number of nitrogens with zero attached hydrogens (tertiary/aromatic N) is 1. The van der Waals surface area contributed by atoms with E-state index in [4.69, 9.17) is 9.15 Å². The maximum Gasteiger partial charge on any atom is 0.287 e. The van der Waals surface area contributed by atoms with E-state index in [1.54, 1.807) is 12.1 Å². The van der Waals surface area contributed by atoms with Crippen LogP contribution in [0.15, 0.2) is 59.0 Å². The van der Waals surface area contributed by atoms with Gasteiger partial charge in [0.05, 0.1) is 12.2 Å². The second-order valence-corrected chi connectivity index (χ2v) is 5.46. The van der Waals surface area contributed by atoms with Crippen LogP contribution in [0.5, 0.6) is 5.75 Å². The van der Waals surface area contributed by atoms with E-state index in [0.29, 0.717) is 18.1 Å². The Hall–Kier alpha value is -3.15. The molecular weight excluding hydrogens is 323 g/mol. The molecule has 0 bridgehead atoms. The molecule has 2 heterocycles. The molecule has 0 radical (unpaired) electrons. The molecule has 2 aromatic heterocycles. The van der Waals surface area contributed by atoms with Crippen LogP contribution in [-0.4, -0.2) is 10.9 Å². The molecule has 5 nitrogen and oxygen atoms in total. The Bertz CT molecular complexity index is 859. The summed E-state index contributed by atoms with van der Waals surface area (Å²) < 4.78 is 23.8. The zero-order valence-electron chi connectivity index (χ0n) is 13.7. The van der Waals surface area contributed by atoms with E-state index in [1.807, 2.05) is 25.1 Å². The molecule has 0 saturated carbocycles. The van der Waals surface area contributed by atoms with Crippen LogP contribution in [0, 0.1) is 12.7 Å². The molecule has 25 heavy (non-hydrogen) atoms. The van der Waals surface area contributed by atoms with Crippen molar-refractivity contribution >= 4 is 5.91 Å². The molecule has 0 fully saturated rings. The number of ether oxygens (including phenoxy) is 1. The van der Waals surface area contributed by atoms with Gasteiger partial charge in [-0.2, -0.15) is 0 Å². The molecule has 0 aliphatic carbocycles. The van der Waals surface area contributed by atoms with E-state index >= 15 is 0 Å². The smallest absolute Gasteiger partial charge is 0.287 e. The van der Waals surface area contributed by atoms with Crippen molar-refractivity contribution in [2.75, 3.05) is 0 Å². The largest absolute Gasteiger partial charge is 0.486 e. The lowest BCUT2D eigenvalue weighted by Crippen LogP contribution is -2.22. The number of hydrogen-bond acceptors (Lipinski definition) is 4. The molecule has 0 saturated heterocycles. The van der Waals surface area contributed by atoms with Gasteiger partial charge in [-0.25, -0.2) is 4.39 Å². The normalized spacial score (nSPS) is 10.5. The minimum absolute atomic E-state index is 0.151. The number of carbonyl (C=O) groups is 1. The van der Waals surface area contributed by atoms with Gasteiger partial charge in [0, 0.05) is 5.69 Å². The number of pyridine rings is 1. The highest BCUT2D eigenvalue weighted by molar-refractivity contribution is 5.91. The summed E-state index contributed by atoms with van der Waals surface area (Å²) in [4.78, 5) is 16.4. The monoisotopic (exact) mass is 340 g/mol. The summed E-state index contributed by atoms with van der Waals surface area (Å²) >= 11 is 0. The average Bonchev–Trinajstić information content (AvgIpc) is 3.08. The van der Waals surface area contributed by atoms with Gasteiger partial charge in [-0.1, -0.05) is 6.07 Å². The summed E-state index contributed by atoms with van der Waals surface area (Å²) in [5.41, 5.74) is 1.67. The molecule has 0 unspecified atom stereocenters. The summed E-state index contributed by atoms with van der Waals surface area (Å²) in [7, 11) is 0. The first-order chi connectivity index (χ1) is 12.1. The first-order valence-corrected chi connectivity index (χ1v) is 7.78. The number of carbonyl (C=O) groups excluding carboxylic acids is 1. The Labute approximate surface area is 144 Å². The molecule has 0 atom stereocenters. The zero-order valence-corrected chi connectivity index (χ0v) is 13.7. The number of rotatable bonds is 6. The van der Waals surface area contributed by atoms with Crippen molar-refractivity contribution in [2.45, 2.75) is 20.1 Å². The van der Waals surface area contributed by atoms with E-state index in [1.165, 1.54) is 24.3 Å². The van der Waals surface area contributed by atoms with Crippen LogP contribution < -0.4 is 10.1 Å². The van der Waals surface area contributed by atoms with Gasteiger partial charge in [0.15, 0.2) is 5.76 Å². The Morgan fingerprint density at radius 3 is 2.72 bits per heavy atom. The number of nitrogens with one attached hydrogen (secondary N) is 1. The topological polar surface area (TPSA) is 64.4 Å². The lowest BCUT2D eigenvalue weighted by molar-refractivity contribution is 0.0918. The van der Waals surface area contributed by atoms with E-state index in [9.17, 15) is 9.18 Å². The third-order valence-corrected chi connectivity index (χ3v) is 3.46. The molecular formula is C19H17FN2O3. The molecule has 3 aromatic rings. The van der Waals surface area contributed by atoms with Crippen molar-refractivity contribution in [1.29, 1.82) is 0 Å². The fraction of sp³-hybridized carbons (Fsp3) is 0.158. The fourth-order valence-electron chi connectivity index (χ4n) is 2.22. The first-order valence-electron chi connectivity index (χ1n) is 7.78. The lowest BCUT2D eigenvalue weighted by Gasteiger charge is -2.04. The summed E-state index contributed by atoms with van der Waals surface area (Å²) in [6.45, 7) is 2.37. The fourth-order valence-corrected chi connectivity index (χ4v) is 2.22. The van der Waals surface area contributed by atoms with E-state index < -0.39 is 0 Å². The van der Waals surface area contributed by atoms with Gasteiger partial charge < -0.3 is 14.5 Å². The van der Waals surface area contributed by atoms with E-state index in [-0.39, 0.29) is 24.1 Å². The van der Waals surface area contributed by atoms with Crippen molar-refractivity contribution in [3.05, 3.63) is 83.3 Å². The van der Waals surface area contributed by atoms with E-state index in [0.717, 1.165) is 11.4 Å². The summed E-state index contributed by atoms with van der Waals surface area (Å²) in [6, 6.07) is 14.6. The van der Waals surface area contributed by atoms with Crippen LogP contribution in [-0.2, 0) is 13.2 Å². The van der Waals surface area contributed by atoms with Crippen molar-refractivity contribution in [1.82, 2.24) is 10.3 Å². The molecule has 3 rings (SSSR count). The third kappa shape index (κ3) is 4.67. The second-order valence-electron chi connectivity index (χ2n) is 5.46. The first kappa shape index (κ1) is 16.7. The van der Waals surface area contributed by atoms with Gasteiger partial charge in [0.2, 0.25) is 0 Å². The maximum atomic E-state index is 12.8.